The molecule has 3 N–H and O–H groups in total. The van der Waals surface area contributed by atoms with Crippen molar-refractivity contribution in [1.29, 1.82) is 0 Å². The molecule has 0 radical (unpaired) electrons. The monoisotopic (exact) mass is 341 g/mol. The summed E-state index contributed by atoms with van der Waals surface area (Å²) in [5.41, 5.74) is 5.66. The Labute approximate surface area is 122 Å². The molecule has 104 valence electrons. The number of carbonyl (C=O) groups excluding carboxylic acids is 1. The van der Waals surface area contributed by atoms with Gasteiger partial charge in [-0.1, -0.05) is 6.07 Å². The number of anilines is 2. The highest BCUT2D eigenvalue weighted by Crippen LogP contribution is 2.22. The number of rotatable bonds is 3. The number of halogens is 3. The summed E-state index contributed by atoms with van der Waals surface area (Å²) in [6.07, 6.45) is 0.945. The van der Waals surface area contributed by atoms with Crippen LogP contribution in [0.5, 0.6) is 0 Å². The van der Waals surface area contributed by atoms with Gasteiger partial charge in [0, 0.05) is 5.56 Å². The summed E-state index contributed by atoms with van der Waals surface area (Å²) in [6, 6.07) is 5.00. The summed E-state index contributed by atoms with van der Waals surface area (Å²) < 4.78 is 27.3. The first-order chi connectivity index (χ1) is 9.47. The summed E-state index contributed by atoms with van der Waals surface area (Å²) in [5.74, 6) is -1.86. The van der Waals surface area contributed by atoms with Crippen LogP contribution in [0.25, 0.3) is 0 Å². The average molecular weight is 342 g/mol. The van der Waals surface area contributed by atoms with E-state index in [2.05, 4.69) is 26.2 Å². The summed E-state index contributed by atoms with van der Waals surface area (Å²) in [7, 11) is 0. The van der Waals surface area contributed by atoms with Crippen LogP contribution in [0.15, 0.2) is 34.9 Å². The molecule has 0 aliphatic rings. The molecule has 0 saturated carbocycles. The number of aromatic nitrogens is 1. The number of nitrogen functional groups attached to an aromatic ring is 1. The molecule has 0 atom stereocenters. The quantitative estimate of drug-likeness (QED) is 0.901. The number of amides is 1. The fourth-order valence-corrected chi connectivity index (χ4v) is 2.05. The summed E-state index contributed by atoms with van der Waals surface area (Å²) in [5, 5.41) is 2.45. The topological polar surface area (TPSA) is 68.0 Å². The van der Waals surface area contributed by atoms with Gasteiger partial charge in [0.1, 0.15) is 17.5 Å². The van der Waals surface area contributed by atoms with Crippen LogP contribution >= 0.6 is 15.9 Å². The largest absolute Gasteiger partial charge is 0.397 e. The van der Waals surface area contributed by atoms with Gasteiger partial charge in [-0.25, -0.2) is 13.8 Å². The minimum atomic E-state index is -0.760. The summed E-state index contributed by atoms with van der Waals surface area (Å²) in [4.78, 5) is 15.7. The minimum absolute atomic E-state index is 0.237. The number of carbonyl (C=O) groups is 1. The zero-order valence-corrected chi connectivity index (χ0v) is 11.7. The molecule has 1 heterocycles. The molecule has 20 heavy (non-hydrogen) atoms. The maximum atomic E-state index is 13.4. The van der Waals surface area contributed by atoms with E-state index in [1.807, 2.05) is 0 Å². The smallest absolute Gasteiger partial charge is 0.230 e. The van der Waals surface area contributed by atoms with Crippen molar-refractivity contribution >= 4 is 33.3 Å². The first-order valence-corrected chi connectivity index (χ1v) is 6.40. The van der Waals surface area contributed by atoms with Gasteiger partial charge in [0.05, 0.1) is 22.8 Å². The highest BCUT2D eigenvalue weighted by Gasteiger charge is 2.14. The molecule has 0 aliphatic heterocycles. The molecule has 0 fully saturated rings. The molecule has 1 aromatic carbocycles. The highest BCUT2D eigenvalue weighted by molar-refractivity contribution is 9.10. The van der Waals surface area contributed by atoms with Gasteiger partial charge in [0.25, 0.3) is 0 Å². The molecule has 0 bridgehead atoms. The Morgan fingerprint density at radius 1 is 1.35 bits per heavy atom. The second-order valence-corrected chi connectivity index (χ2v) is 4.88. The van der Waals surface area contributed by atoms with Crippen LogP contribution in [-0.4, -0.2) is 10.9 Å². The SMILES string of the molecule is Nc1cnc(NC(=O)Cc2c(F)cccc2F)c(Br)c1. The van der Waals surface area contributed by atoms with Crippen LogP contribution in [0.1, 0.15) is 5.56 Å². The van der Waals surface area contributed by atoms with Crippen molar-refractivity contribution in [2.24, 2.45) is 0 Å². The molecule has 0 unspecified atom stereocenters. The standard InChI is InChI=1S/C13H10BrF2N3O/c14-9-4-7(17)6-18-13(9)19-12(20)5-8-10(15)2-1-3-11(8)16/h1-4,6H,5,17H2,(H,18,19,20). The van der Waals surface area contributed by atoms with Crippen molar-refractivity contribution in [3.63, 3.8) is 0 Å². The van der Waals surface area contributed by atoms with Gasteiger partial charge in [-0.3, -0.25) is 4.79 Å². The van der Waals surface area contributed by atoms with Gasteiger partial charge >= 0.3 is 0 Å². The second kappa shape index (κ2) is 5.96. The zero-order valence-electron chi connectivity index (χ0n) is 10.2. The van der Waals surface area contributed by atoms with E-state index in [0.717, 1.165) is 12.1 Å². The van der Waals surface area contributed by atoms with Crippen molar-refractivity contribution in [2.45, 2.75) is 6.42 Å². The Kier molecular flexibility index (Phi) is 4.29. The lowest BCUT2D eigenvalue weighted by atomic mass is 10.1. The summed E-state index contributed by atoms with van der Waals surface area (Å²) in [6.45, 7) is 0. The molecule has 0 saturated heterocycles. The van der Waals surface area contributed by atoms with Gasteiger partial charge in [-0.05, 0) is 34.1 Å². The molecular formula is C13H10BrF2N3O. The third-order valence-electron chi connectivity index (χ3n) is 2.52. The number of benzene rings is 1. The van der Waals surface area contributed by atoms with Crippen molar-refractivity contribution in [1.82, 2.24) is 4.98 Å². The number of hydrogen-bond donors (Lipinski definition) is 2. The van der Waals surface area contributed by atoms with Gasteiger partial charge in [-0.2, -0.15) is 0 Å². The van der Waals surface area contributed by atoms with Crippen LogP contribution in [0.2, 0.25) is 0 Å². The van der Waals surface area contributed by atoms with Crippen LogP contribution in [0.4, 0.5) is 20.3 Å². The van der Waals surface area contributed by atoms with Gasteiger partial charge in [-0.15, -0.1) is 0 Å². The van der Waals surface area contributed by atoms with E-state index in [1.165, 1.54) is 12.3 Å². The molecule has 2 rings (SSSR count). The van der Waals surface area contributed by atoms with Gasteiger partial charge in [0.2, 0.25) is 5.91 Å². The zero-order chi connectivity index (χ0) is 14.7. The number of nitrogens with two attached hydrogens (primary N) is 1. The Morgan fingerprint density at radius 3 is 2.60 bits per heavy atom. The molecule has 0 spiro atoms. The predicted molar refractivity (Wildman–Crippen MR) is 75.0 cm³/mol. The maximum Gasteiger partial charge on any atom is 0.230 e. The van der Waals surface area contributed by atoms with Crippen molar-refractivity contribution < 1.29 is 13.6 Å². The lowest BCUT2D eigenvalue weighted by Crippen LogP contribution is -2.17. The van der Waals surface area contributed by atoms with E-state index in [0.29, 0.717) is 10.2 Å². The van der Waals surface area contributed by atoms with Crippen LogP contribution in [0, 0.1) is 11.6 Å². The molecule has 1 aromatic heterocycles. The van der Waals surface area contributed by atoms with E-state index < -0.39 is 24.0 Å². The first kappa shape index (κ1) is 14.4. The molecule has 7 heteroatoms. The van der Waals surface area contributed by atoms with Crippen LogP contribution in [0.3, 0.4) is 0 Å². The van der Waals surface area contributed by atoms with E-state index in [4.69, 9.17) is 5.73 Å². The van der Waals surface area contributed by atoms with E-state index in [9.17, 15) is 13.6 Å². The molecule has 4 nitrogen and oxygen atoms in total. The van der Waals surface area contributed by atoms with Gasteiger partial charge in [0.15, 0.2) is 0 Å². The average Bonchev–Trinajstić information content (AvgIpc) is 2.37. The first-order valence-electron chi connectivity index (χ1n) is 5.61. The molecule has 0 aliphatic carbocycles. The maximum absolute atomic E-state index is 13.4. The minimum Gasteiger partial charge on any atom is -0.397 e. The number of hydrogen-bond acceptors (Lipinski definition) is 3. The predicted octanol–water partition coefficient (Wildman–Crippen LogP) is 2.89. The summed E-state index contributed by atoms with van der Waals surface area (Å²) >= 11 is 3.18. The Balaban J connectivity index is 2.13. The van der Waals surface area contributed by atoms with Crippen molar-refractivity contribution in [3.8, 4) is 0 Å². The lowest BCUT2D eigenvalue weighted by Gasteiger charge is -2.08. The Morgan fingerprint density at radius 2 is 2.00 bits per heavy atom. The molecular weight excluding hydrogens is 332 g/mol. The Hall–Kier alpha value is -2.02. The van der Waals surface area contributed by atoms with Crippen molar-refractivity contribution in [2.75, 3.05) is 11.1 Å². The fourth-order valence-electron chi connectivity index (χ4n) is 1.58. The van der Waals surface area contributed by atoms with Gasteiger partial charge < -0.3 is 11.1 Å². The van der Waals surface area contributed by atoms with E-state index in [1.54, 1.807) is 6.07 Å². The van der Waals surface area contributed by atoms with E-state index in [-0.39, 0.29) is 11.4 Å². The lowest BCUT2D eigenvalue weighted by molar-refractivity contribution is -0.115. The van der Waals surface area contributed by atoms with E-state index >= 15 is 0 Å². The van der Waals surface area contributed by atoms with Crippen LogP contribution in [-0.2, 0) is 11.2 Å². The highest BCUT2D eigenvalue weighted by atomic mass is 79.9. The van der Waals surface area contributed by atoms with Crippen LogP contribution < -0.4 is 11.1 Å². The number of nitrogens with zero attached hydrogens (tertiary/aromatic N) is 1. The van der Waals surface area contributed by atoms with Crippen molar-refractivity contribution in [3.05, 3.63) is 52.1 Å². The third kappa shape index (κ3) is 3.30. The Bertz CT molecular complexity index is 644. The second-order valence-electron chi connectivity index (χ2n) is 4.02. The molecule has 1 amide bonds. The normalized spacial score (nSPS) is 10.3. The fraction of sp³-hybridized carbons (Fsp3) is 0.0769. The number of nitrogens with one attached hydrogen (secondary N) is 1. The number of pyridine rings is 1. The molecule has 2 aromatic rings. The third-order valence-corrected chi connectivity index (χ3v) is 3.12.